The Morgan fingerprint density at radius 3 is 1.41 bits per heavy atom. The van der Waals surface area contributed by atoms with Crippen LogP contribution in [-0.2, 0) is 6.54 Å². The Morgan fingerprint density at radius 2 is 0.931 bits per heavy atom. The number of rotatable bonds is 0. The molecule has 0 radical (unpaired) electrons. The fourth-order valence-corrected chi connectivity index (χ4v) is 4.16. The Morgan fingerprint density at radius 1 is 0.517 bits per heavy atom. The number of carbonyl (C=O) groups excluding carboxylic acids is 1. The molecule has 1 amide bonds. The van der Waals surface area contributed by atoms with Crippen molar-refractivity contribution in [2.24, 2.45) is 0 Å². The van der Waals surface area contributed by atoms with Gasteiger partial charge in [0, 0.05) is 18.7 Å². The molecule has 0 atom stereocenters. The molecule has 0 unspecified atom stereocenters. The van der Waals surface area contributed by atoms with Gasteiger partial charge in [0.2, 0.25) is 0 Å². The molecule has 1 aromatic rings. The first-order valence-electron chi connectivity index (χ1n) is 12.4. The monoisotopic (exact) mass is 400 g/mol. The lowest BCUT2D eigenvalue weighted by atomic mass is 10.0. The van der Waals surface area contributed by atoms with E-state index in [4.69, 9.17) is 0 Å². The zero-order valence-corrected chi connectivity index (χ0v) is 18.7. The zero-order chi connectivity index (χ0) is 20.4. The minimum Gasteiger partial charge on any atom is -0.352 e. The molecule has 2 bridgehead atoms. The third-order valence-electron chi connectivity index (χ3n) is 6.11. The number of nitrogens with one attached hydrogen (secondary N) is 2. The van der Waals surface area contributed by atoms with Gasteiger partial charge in [0.15, 0.2) is 0 Å². The summed E-state index contributed by atoms with van der Waals surface area (Å²) >= 11 is 0. The number of hydrogen-bond donors (Lipinski definition) is 2. The van der Waals surface area contributed by atoms with Gasteiger partial charge in [-0.15, -0.1) is 0 Å². The van der Waals surface area contributed by atoms with Gasteiger partial charge in [0.1, 0.15) is 0 Å². The normalized spacial score (nSPS) is 20.8. The molecule has 0 fully saturated rings. The average molecular weight is 401 g/mol. The van der Waals surface area contributed by atoms with Gasteiger partial charge in [-0.05, 0) is 37.1 Å². The molecule has 2 aliphatic rings. The van der Waals surface area contributed by atoms with Crippen molar-refractivity contribution >= 4 is 5.91 Å². The second-order valence-electron chi connectivity index (χ2n) is 8.79. The lowest BCUT2D eigenvalue weighted by molar-refractivity contribution is 0.0953. The van der Waals surface area contributed by atoms with Gasteiger partial charge in [-0.3, -0.25) is 4.79 Å². The summed E-state index contributed by atoms with van der Waals surface area (Å²) in [6.07, 6.45) is 21.7. The van der Waals surface area contributed by atoms with E-state index in [2.05, 4.69) is 22.8 Å². The summed E-state index contributed by atoms with van der Waals surface area (Å²) in [7, 11) is 0. The molecule has 0 saturated carbocycles. The fourth-order valence-electron chi connectivity index (χ4n) is 4.16. The third kappa shape index (κ3) is 12.1. The number of fused-ring (bicyclic) bond motifs is 23. The van der Waals surface area contributed by atoms with Crippen molar-refractivity contribution in [3.63, 3.8) is 0 Å². The molecule has 2 N–H and O–H groups in total. The highest BCUT2D eigenvalue weighted by atomic mass is 16.1. The lowest BCUT2D eigenvalue weighted by Gasteiger charge is -2.08. The highest BCUT2D eigenvalue weighted by molar-refractivity contribution is 5.94. The van der Waals surface area contributed by atoms with Gasteiger partial charge in [-0.1, -0.05) is 102 Å². The summed E-state index contributed by atoms with van der Waals surface area (Å²) in [5, 5.41) is 6.60. The molecule has 2 aliphatic heterocycles. The van der Waals surface area contributed by atoms with Gasteiger partial charge in [0.25, 0.3) is 5.91 Å². The molecule has 3 nitrogen and oxygen atoms in total. The first-order chi connectivity index (χ1) is 14.4. The van der Waals surface area contributed by atoms with E-state index in [1.807, 2.05) is 12.1 Å². The maximum absolute atomic E-state index is 12.3. The summed E-state index contributed by atoms with van der Waals surface area (Å²) in [6.45, 7) is 2.77. The Hall–Kier alpha value is -1.35. The van der Waals surface area contributed by atoms with Gasteiger partial charge in [0.05, 0.1) is 0 Å². The molecular weight excluding hydrogens is 356 g/mol. The second-order valence-corrected chi connectivity index (χ2v) is 8.79. The van der Waals surface area contributed by atoms with Gasteiger partial charge in [-0.2, -0.15) is 0 Å². The Bertz CT molecular complexity index is 526. The molecule has 29 heavy (non-hydrogen) atoms. The first-order valence-corrected chi connectivity index (χ1v) is 12.4. The van der Waals surface area contributed by atoms with Gasteiger partial charge in [-0.25, -0.2) is 0 Å². The Labute approximate surface area is 179 Å². The number of hydrogen-bond acceptors (Lipinski definition) is 2. The van der Waals surface area contributed by atoms with Crippen molar-refractivity contribution in [3.8, 4) is 0 Å². The van der Waals surface area contributed by atoms with E-state index in [0.717, 1.165) is 31.6 Å². The smallest absolute Gasteiger partial charge is 0.251 e. The van der Waals surface area contributed by atoms with Crippen LogP contribution in [0.3, 0.4) is 0 Å². The van der Waals surface area contributed by atoms with Crippen LogP contribution in [0.1, 0.15) is 119 Å². The zero-order valence-electron chi connectivity index (χ0n) is 18.7. The van der Waals surface area contributed by atoms with E-state index in [1.54, 1.807) is 0 Å². The maximum atomic E-state index is 12.3. The topological polar surface area (TPSA) is 41.1 Å². The molecule has 3 heteroatoms. The van der Waals surface area contributed by atoms with Crippen molar-refractivity contribution < 1.29 is 4.79 Å². The lowest BCUT2D eigenvalue weighted by Crippen LogP contribution is -2.24. The quantitative estimate of drug-likeness (QED) is 0.505. The van der Waals surface area contributed by atoms with E-state index in [0.29, 0.717) is 0 Å². The van der Waals surface area contributed by atoms with E-state index in [-0.39, 0.29) is 5.91 Å². The fraction of sp³-hybridized carbons (Fsp3) is 0.731. The molecule has 0 aromatic heterocycles. The SMILES string of the molecule is O=C1NCCCCCCCCCCCCCCCCCCNCc2ccc1cc2. The summed E-state index contributed by atoms with van der Waals surface area (Å²) < 4.78 is 0. The Balaban J connectivity index is 1.69. The Kier molecular flexibility index (Phi) is 13.6. The highest BCUT2D eigenvalue weighted by Crippen LogP contribution is 2.14. The van der Waals surface area contributed by atoms with Crippen LogP contribution in [-0.4, -0.2) is 19.0 Å². The van der Waals surface area contributed by atoms with Gasteiger partial charge >= 0.3 is 0 Å². The van der Waals surface area contributed by atoms with Crippen molar-refractivity contribution in [2.75, 3.05) is 13.1 Å². The molecular formula is C26H44N2O. The minimum atomic E-state index is 0.0611. The summed E-state index contributed by atoms with van der Waals surface area (Å²) in [6, 6.07) is 8.06. The van der Waals surface area contributed by atoms with E-state index < -0.39 is 0 Å². The van der Waals surface area contributed by atoms with Crippen LogP contribution in [0.25, 0.3) is 0 Å². The van der Waals surface area contributed by atoms with Crippen molar-refractivity contribution in [3.05, 3.63) is 35.4 Å². The predicted octanol–water partition coefficient (Wildman–Crippen LogP) is 6.76. The maximum Gasteiger partial charge on any atom is 0.251 e. The molecule has 164 valence electrons. The third-order valence-corrected chi connectivity index (χ3v) is 6.11. The van der Waals surface area contributed by atoms with Crippen LogP contribution < -0.4 is 10.6 Å². The molecule has 2 heterocycles. The van der Waals surface area contributed by atoms with Gasteiger partial charge < -0.3 is 10.6 Å². The van der Waals surface area contributed by atoms with Crippen LogP contribution in [0.5, 0.6) is 0 Å². The molecule has 1 aromatic carbocycles. The number of carbonyl (C=O) groups is 1. The van der Waals surface area contributed by atoms with Crippen LogP contribution in [0.15, 0.2) is 24.3 Å². The standard InChI is InChI=1S/C26H44N2O/c29-26-25-19-17-24(18-20-25)23-27-21-15-13-11-9-7-5-3-1-2-4-6-8-10-12-14-16-22-28-26/h17-20,27H,1-16,21-23H2,(H,28,29). The number of amides is 1. The summed E-state index contributed by atoms with van der Waals surface area (Å²) in [5.74, 6) is 0.0611. The molecule has 3 rings (SSSR count). The predicted molar refractivity (Wildman–Crippen MR) is 124 cm³/mol. The first kappa shape index (κ1) is 23.9. The highest BCUT2D eigenvalue weighted by Gasteiger charge is 2.04. The van der Waals surface area contributed by atoms with Crippen LogP contribution in [0.4, 0.5) is 0 Å². The van der Waals surface area contributed by atoms with Crippen LogP contribution in [0, 0.1) is 0 Å². The van der Waals surface area contributed by atoms with Crippen molar-refractivity contribution in [1.82, 2.24) is 10.6 Å². The number of benzene rings is 1. The van der Waals surface area contributed by atoms with E-state index >= 15 is 0 Å². The molecule has 0 aliphatic carbocycles. The molecule has 0 spiro atoms. The summed E-state index contributed by atoms with van der Waals surface area (Å²) in [4.78, 5) is 12.3. The van der Waals surface area contributed by atoms with Crippen LogP contribution >= 0.6 is 0 Å². The minimum absolute atomic E-state index is 0.0611. The summed E-state index contributed by atoms with van der Waals surface area (Å²) in [5.41, 5.74) is 2.03. The largest absolute Gasteiger partial charge is 0.352 e. The molecule has 0 saturated heterocycles. The average Bonchev–Trinajstić information content (AvgIpc) is 2.74. The van der Waals surface area contributed by atoms with E-state index in [9.17, 15) is 4.79 Å². The van der Waals surface area contributed by atoms with Crippen molar-refractivity contribution in [2.45, 2.75) is 109 Å². The van der Waals surface area contributed by atoms with Crippen LogP contribution in [0.2, 0.25) is 0 Å². The van der Waals surface area contributed by atoms with E-state index in [1.165, 1.54) is 102 Å². The second kappa shape index (κ2) is 16.4. The van der Waals surface area contributed by atoms with Crippen molar-refractivity contribution in [1.29, 1.82) is 0 Å².